The molecule has 0 aliphatic carbocycles. The van der Waals surface area contributed by atoms with Crippen molar-refractivity contribution in [3.63, 3.8) is 0 Å². The Morgan fingerprint density at radius 2 is 2.17 bits per heavy atom. The van der Waals surface area contributed by atoms with Crippen LogP contribution in [0.2, 0.25) is 0 Å². The Balaban J connectivity index is 3.29. The van der Waals surface area contributed by atoms with Gasteiger partial charge in [-0.25, -0.2) is 9.18 Å². The van der Waals surface area contributed by atoms with Crippen molar-refractivity contribution in [3.8, 4) is 11.8 Å². The second-order valence-electron chi connectivity index (χ2n) is 3.05. The molecule has 1 aromatic rings. The number of halogens is 3. The second-order valence-corrected chi connectivity index (χ2v) is 3.05. The van der Waals surface area contributed by atoms with Crippen molar-refractivity contribution in [3.05, 3.63) is 29.1 Å². The lowest BCUT2D eigenvalue weighted by Crippen LogP contribution is -2.12. The van der Waals surface area contributed by atoms with Crippen molar-refractivity contribution in [1.29, 1.82) is 5.26 Å². The van der Waals surface area contributed by atoms with Crippen molar-refractivity contribution in [1.82, 2.24) is 0 Å². The third kappa shape index (κ3) is 3.13. The Labute approximate surface area is 101 Å². The van der Waals surface area contributed by atoms with Crippen LogP contribution < -0.4 is 4.74 Å². The van der Waals surface area contributed by atoms with E-state index in [4.69, 9.17) is 5.26 Å². The average molecular weight is 259 g/mol. The number of hydrogen-bond acceptors (Lipinski definition) is 4. The van der Waals surface area contributed by atoms with E-state index in [9.17, 15) is 18.0 Å². The van der Waals surface area contributed by atoms with Crippen LogP contribution in [0, 0.1) is 17.1 Å². The van der Waals surface area contributed by atoms with Crippen molar-refractivity contribution in [2.75, 3.05) is 6.61 Å². The normalized spacial score (nSPS) is 10.0. The number of esters is 1. The minimum atomic E-state index is -3.29. The van der Waals surface area contributed by atoms with E-state index in [2.05, 4.69) is 9.47 Å². The lowest BCUT2D eigenvalue weighted by Gasteiger charge is -2.11. The number of benzene rings is 1. The van der Waals surface area contributed by atoms with E-state index in [-0.39, 0.29) is 12.2 Å². The van der Waals surface area contributed by atoms with Gasteiger partial charge in [-0.3, -0.25) is 0 Å². The molecule has 1 aromatic carbocycles. The number of carbonyl (C=O) groups excluding carboxylic acids is 1. The molecular weight excluding hydrogens is 251 g/mol. The van der Waals surface area contributed by atoms with Gasteiger partial charge in [0.2, 0.25) is 0 Å². The predicted molar refractivity (Wildman–Crippen MR) is 53.7 cm³/mol. The maximum absolute atomic E-state index is 13.4. The molecule has 0 saturated heterocycles. The Morgan fingerprint density at radius 3 is 2.67 bits per heavy atom. The molecule has 0 fully saturated rings. The minimum absolute atomic E-state index is 0.0225. The number of carbonyl (C=O) groups is 1. The summed E-state index contributed by atoms with van der Waals surface area (Å²) in [6, 6.07) is 3.22. The number of nitrogens with zero attached hydrogens (tertiary/aromatic N) is 1. The van der Waals surface area contributed by atoms with Gasteiger partial charge in [-0.05, 0) is 19.1 Å². The molecule has 0 unspecified atom stereocenters. The van der Waals surface area contributed by atoms with E-state index < -0.39 is 29.7 Å². The molecule has 96 valence electrons. The summed E-state index contributed by atoms with van der Waals surface area (Å²) in [5.41, 5.74) is -0.745. The molecule has 4 nitrogen and oxygen atoms in total. The zero-order valence-corrected chi connectivity index (χ0v) is 9.25. The Kier molecular flexibility index (Phi) is 4.54. The highest BCUT2D eigenvalue weighted by Gasteiger charge is 2.22. The van der Waals surface area contributed by atoms with Gasteiger partial charge >= 0.3 is 12.6 Å². The predicted octanol–water partition coefficient (Wildman–Crippen LogP) is 2.48. The number of rotatable bonds is 4. The molecule has 0 amide bonds. The quantitative estimate of drug-likeness (QED) is 0.779. The highest BCUT2D eigenvalue weighted by Crippen LogP contribution is 2.27. The minimum Gasteiger partial charge on any atom is -0.462 e. The second kappa shape index (κ2) is 5.91. The lowest BCUT2D eigenvalue weighted by atomic mass is 10.1. The van der Waals surface area contributed by atoms with Crippen molar-refractivity contribution >= 4 is 5.97 Å². The molecule has 0 N–H and O–H groups in total. The zero-order chi connectivity index (χ0) is 13.7. The maximum Gasteiger partial charge on any atom is 0.387 e. The smallest absolute Gasteiger partial charge is 0.387 e. The van der Waals surface area contributed by atoms with Crippen LogP contribution in [-0.2, 0) is 4.74 Å². The van der Waals surface area contributed by atoms with Crippen molar-refractivity contribution in [2.24, 2.45) is 0 Å². The molecule has 7 heteroatoms. The van der Waals surface area contributed by atoms with Crippen LogP contribution in [0.4, 0.5) is 13.2 Å². The highest BCUT2D eigenvalue weighted by molar-refractivity contribution is 5.93. The van der Waals surface area contributed by atoms with E-state index >= 15 is 0 Å². The molecule has 0 aromatic heterocycles. The highest BCUT2D eigenvalue weighted by atomic mass is 19.3. The van der Waals surface area contributed by atoms with Gasteiger partial charge in [0, 0.05) is 0 Å². The Morgan fingerprint density at radius 1 is 1.50 bits per heavy atom. The first-order valence-electron chi connectivity index (χ1n) is 4.85. The van der Waals surface area contributed by atoms with Crippen LogP contribution in [0.1, 0.15) is 22.8 Å². The molecular formula is C11H8F3NO3. The molecule has 0 atom stereocenters. The SMILES string of the molecule is CCOC(=O)c1cc(C#N)cc(F)c1OC(F)F. The summed E-state index contributed by atoms with van der Waals surface area (Å²) in [6.07, 6.45) is 0. The van der Waals surface area contributed by atoms with E-state index in [1.165, 1.54) is 6.92 Å². The molecule has 0 heterocycles. The molecule has 1 rings (SSSR count). The Bertz CT molecular complexity index is 497. The summed E-state index contributed by atoms with van der Waals surface area (Å²) in [5, 5.41) is 8.61. The summed E-state index contributed by atoms with van der Waals surface area (Å²) in [5.74, 6) is -3.19. The molecule has 0 aliphatic rings. The summed E-state index contributed by atoms with van der Waals surface area (Å²) >= 11 is 0. The van der Waals surface area contributed by atoms with Gasteiger partial charge in [0.15, 0.2) is 11.6 Å². The number of alkyl halides is 2. The fourth-order valence-electron chi connectivity index (χ4n) is 1.23. The standard InChI is InChI=1S/C11H8F3NO3/c1-2-17-10(16)7-3-6(5-15)4-8(12)9(7)18-11(13)14/h3-4,11H,2H2,1H3. The number of nitriles is 1. The third-order valence-electron chi connectivity index (χ3n) is 1.87. The maximum atomic E-state index is 13.4. The van der Waals surface area contributed by atoms with E-state index in [0.29, 0.717) is 6.07 Å². The fraction of sp³-hybridized carbons (Fsp3) is 0.273. The van der Waals surface area contributed by atoms with Gasteiger partial charge in [-0.2, -0.15) is 14.0 Å². The molecule has 0 radical (unpaired) electrons. The summed E-state index contributed by atoms with van der Waals surface area (Å²) < 4.78 is 46.1. The molecule has 0 aliphatic heterocycles. The summed E-state index contributed by atoms with van der Waals surface area (Å²) in [6.45, 7) is -1.82. The van der Waals surface area contributed by atoms with E-state index in [0.717, 1.165) is 6.07 Å². The number of hydrogen-bond donors (Lipinski definition) is 0. The molecule has 0 saturated carbocycles. The van der Waals surface area contributed by atoms with Crippen LogP contribution in [-0.4, -0.2) is 19.2 Å². The molecule has 18 heavy (non-hydrogen) atoms. The first kappa shape index (κ1) is 13.8. The van der Waals surface area contributed by atoms with Gasteiger partial charge in [-0.15, -0.1) is 0 Å². The van der Waals surface area contributed by atoms with Crippen molar-refractivity contribution < 1.29 is 27.4 Å². The van der Waals surface area contributed by atoms with Gasteiger partial charge in [-0.1, -0.05) is 0 Å². The van der Waals surface area contributed by atoms with Crippen LogP contribution in [0.15, 0.2) is 12.1 Å². The van der Waals surface area contributed by atoms with E-state index in [1.807, 2.05) is 0 Å². The first-order valence-corrected chi connectivity index (χ1v) is 4.85. The lowest BCUT2D eigenvalue weighted by molar-refractivity contribution is -0.0528. The largest absolute Gasteiger partial charge is 0.462 e. The van der Waals surface area contributed by atoms with Crippen LogP contribution in [0.3, 0.4) is 0 Å². The van der Waals surface area contributed by atoms with E-state index in [1.54, 1.807) is 6.07 Å². The first-order chi connectivity index (χ1) is 8.49. The zero-order valence-electron chi connectivity index (χ0n) is 9.25. The van der Waals surface area contributed by atoms with Crippen LogP contribution in [0.25, 0.3) is 0 Å². The summed E-state index contributed by atoms with van der Waals surface area (Å²) in [7, 11) is 0. The van der Waals surface area contributed by atoms with Crippen molar-refractivity contribution in [2.45, 2.75) is 13.5 Å². The average Bonchev–Trinajstić information content (AvgIpc) is 2.31. The van der Waals surface area contributed by atoms with Crippen LogP contribution in [0.5, 0.6) is 5.75 Å². The third-order valence-corrected chi connectivity index (χ3v) is 1.87. The van der Waals surface area contributed by atoms with Crippen LogP contribution >= 0.6 is 0 Å². The monoisotopic (exact) mass is 259 g/mol. The van der Waals surface area contributed by atoms with Gasteiger partial charge < -0.3 is 9.47 Å². The van der Waals surface area contributed by atoms with Gasteiger partial charge in [0.25, 0.3) is 0 Å². The summed E-state index contributed by atoms with van der Waals surface area (Å²) in [4.78, 5) is 11.4. The fourth-order valence-corrected chi connectivity index (χ4v) is 1.23. The van der Waals surface area contributed by atoms with Gasteiger partial charge in [0.1, 0.15) is 5.56 Å². The molecule has 0 bridgehead atoms. The number of ether oxygens (including phenoxy) is 2. The van der Waals surface area contributed by atoms with Gasteiger partial charge in [0.05, 0.1) is 18.2 Å². The topological polar surface area (TPSA) is 59.3 Å². The molecule has 0 spiro atoms. The Hall–Kier alpha value is -2.23.